The predicted octanol–water partition coefficient (Wildman–Crippen LogP) is 2.59. The molecule has 0 spiro atoms. The molecule has 0 radical (unpaired) electrons. The van der Waals surface area contributed by atoms with Crippen molar-refractivity contribution < 1.29 is 23.8 Å². The number of aromatic amines is 1. The average Bonchev–Trinajstić information content (AvgIpc) is 2.96. The lowest BCUT2D eigenvalue weighted by atomic mass is 10.1. The second kappa shape index (κ2) is 8.88. The van der Waals surface area contributed by atoms with Crippen LogP contribution in [-0.2, 0) is 4.74 Å². The number of amides is 1. The number of aromatic nitrogens is 1. The third kappa shape index (κ3) is 4.46. The maximum atomic E-state index is 12.5. The molecule has 1 aromatic carbocycles. The van der Waals surface area contributed by atoms with Gasteiger partial charge in [0.1, 0.15) is 17.2 Å². The Hall–Kier alpha value is -3.29. The molecule has 0 saturated heterocycles. The van der Waals surface area contributed by atoms with Crippen LogP contribution in [0, 0.1) is 13.8 Å². The maximum absolute atomic E-state index is 12.5. The Morgan fingerprint density at radius 1 is 1.22 bits per heavy atom. The van der Waals surface area contributed by atoms with Gasteiger partial charge in [-0.2, -0.15) is 5.10 Å². The number of hydrogen-bond donors (Lipinski definition) is 2. The number of carbonyl (C=O) groups is 2. The molecule has 0 unspecified atom stereocenters. The topological polar surface area (TPSA) is 102 Å². The van der Waals surface area contributed by atoms with Crippen LogP contribution in [0.3, 0.4) is 0 Å². The van der Waals surface area contributed by atoms with E-state index >= 15 is 0 Å². The minimum atomic E-state index is -0.498. The van der Waals surface area contributed by atoms with Gasteiger partial charge in [0.15, 0.2) is 0 Å². The van der Waals surface area contributed by atoms with Crippen LogP contribution in [0.5, 0.6) is 11.5 Å². The fourth-order valence-corrected chi connectivity index (χ4v) is 2.65. The van der Waals surface area contributed by atoms with Crippen molar-refractivity contribution in [2.24, 2.45) is 5.10 Å². The summed E-state index contributed by atoms with van der Waals surface area (Å²) < 4.78 is 15.4. The summed E-state index contributed by atoms with van der Waals surface area (Å²) in [7, 11) is 3.10. The Bertz CT molecular complexity index is 870. The van der Waals surface area contributed by atoms with Crippen molar-refractivity contribution >= 4 is 18.1 Å². The molecule has 1 heterocycles. The molecule has 27 heavy (non-hydrogen) atoms. The average molecular weight is 373 g/mol. The zero-order valence-corrected chi connectivity index (χ0v) is 16.0. The van der Waals surface area contributed by atoms with Crippen molar-refractivity contribution in [1.82, 2.24) is 10.4 Å². The van der Waals surface area contributed by atoms with Gasteiger partial charge in [0.05, 0.1) is 32.6 Å². The first-order valence-corrected chi connectivity index (χ1v) is 8.34. The second-order valence-corrected chi connectivity index (χ2v) is 5.65. The van der Waals surface area contributed by atoms with E-state index in [0.717, 1.165) is 0 Å². The van der Waals surface area contributed by atoms with Crippen LogP contribution >= 0.6 is 0 Å². The molecule has 144 valence electrons. The Labute approximate surface area is 157 Å². The third-order valence-corrected chi connectivity index (χ3v) is 3.95. The molecule has 1 aromatic heterocycles. The summed E-state index contributed by atoms with van der Waals surface area (Å²) >= 11 is 0. The number of ether oxygens (including phenoxy) is 3. The number of nitrogens with zero attached hydrogens (tertiary/aromatic N) is 1. The van der Waals surface area contributed by atoms with Crippen molar-refractivity contribution in [3.63, 3.8) is 0 Å². The Morgan fingerprint density at radius 2 is 1.96 bits per heavy atom. The number of hydrogen-bond acceptors (Lipinski definition) is 6. The number of rotatable bonds is 7. The number of H-pyrrole nitrogens is 1. The molecule has 0 aliphatic rings. The molecule has 0 bridgehead atoms. The summed E-state index contributed by atoms with van der Waals surface area (Å²) in [5, 5.41) is 3.98. The summed E-state index contributed by atoms with van der Waals surface area (Å²) in [6, 6.07) is 5.24. The molecule has 8 nitrogen and oxygen atoms in total. The fourth-order valence-electron chi connectivity index (χ4n) is 2.65. The van der Waals surface area contributed by atoms with Crippen molar-refractivity contribution in [3.8, 4) is 11.5 Å². The van der Waals surface area contributed by atoms with Gasteiger partial charge in [-0.15, -0.1) is 0 Å². The number of benzene rings is 1. The zero-order chi connectivity index (χ0) is 20.0. The van der Waals surface area contributed by atoms with Gasteiger partial charge in [0, 0.05) is 11.3 Å². The van der Waals surface area contributed by atoms with Crippen molar-refractivity contribution in [1.29, 1.82) is 0 Å². The number of nitrogens with one attached hydrogen (secondary N) is 2. The van der Waals surface area contributed by atoms with Crippen molar-refractivity contribution in [2.75, 3.05) is 20.8 Å². The summed E-state index contributed by atoms with van der Waals surface area (Å²) in [6.07, 6.45) is 1.46. The fraction of sp³-hybridized carbons (Fsp3) is 0.316. The lowest BCUT2D eigenvalue weighted by molar-refractivity contribution is 0.0519. The van der Waals surface area contributed by atoms with E-state index in [0.29, 0.717) is 33.9 Å². The third-order valence-electron chi connectivity index (χ3n) is 3.95. The lowest BCUT2D eigenvalue weighted by Gasteiger charge is -2.07. The number of methoxy groups -OCH3 is 2. The molecule has 1 amide bonds. The van der Waals surface area contributed by atoms with Gasteiger partial charge in [-0.1, -0.05) is 0 Å². The highest BCUT2D eigenvalue weighted by atomic mass is 16.5. The smallest absolute Gasteiger partial charge is 0.355 e. The van der Waals surface area contributed by atoms with E-state index in [2.05, 4.69) is 15.5 Å². The van der Waals surface area contributed by atoms with E-state index < -0.39 is 11.9 Å². The lowest BCUT2D eigenvalue weighted by Crippen LogP contribution is -2.19. The van der Waals surface area contributed by atoms with Crippen molar-refractivity contribution in [3.05, 3.63) is 46.3 Å². The zero-order valence-electron chi connectivity index (χ0n) is 16.0. The molecule has 0 fully saturated rings. The molecular formula is C19H23N3O5. The Balaban J connectivity index is 2.19. The van der Waals surface area contributed by atoms with E-state index in [1.807, 2.05) is 0 Å². The van der Waals surface area contributed by atoms with Crippen LogP contribution in [0.1, 0.15) is 44.6 Å². The first-order valence-electron chi connectivity index (χ1n) is 8.34. The molecule has 8 heteroatoms. The van der Waals surface area contributed by atoms with Gasteiger partial charge in [-0.25, -0.2) is 10.2 Å². The molecule has 0 saturated carbocycles. The Kier molecular flexibility index (Phi) is 6.59. The molecule has 2 rings (SSSR count). The van der Waals surface area contributed by atoms with Crippen LogP contribution in [0.4, 0.5) is 0 Å². The summed E-state index contributed by atoms with van der Waals surface area (Å²) in [5.41, 5.74) is 4.80. The largest absolute Gasteiger partial charge is 0.497 e. The van der Waals surface area contributed by atoms with Crippen LogP contribution in [0.15, 0.2) is 23.3 Å². The maximum Gasteiger partial charge on any atom is 0.355 e. The van der Waals surface area contributed by atoms with E-state index in [1.54, 1.807) is 53.2 Å². The summed E-state index contributed by atoms with van der Waals surface area (Å²) in [5.74, 6) is 0.295. The number of carbonyl (C=O) groups excluding carboxylic acids is 2. The van der Waals surface area contributed by atoms with Crippen molar-refractivity contribution in [2.45, 2.75) is 20.8 Å². The van der Waals surface area contributed by atoms with Gasteiger partial charge in [0.2, 0.25) is 0 Å². The Morgan fingerprint density at radius 3 is 2.59 bits per heavy atom. The van der Waals surface area contributed by atoms with E-state index in [4.69, 9.17) is 14.2 Å². The minimum Gasteiger partial charge on any atom is -0.497 e. The monoisotopic (exact) mass is 373 g/mol. The van der Waals surface area contributed by atoms with E-state index in [1.165, 1.54) is 6.21 Å². The summed E-state index contributed by atoms with van der Waals surface area (Å²) in [6.45, 7) is 5.36. The van der Waals surface area contributed by atoms with Gasteiger partial charge in [-0.05, 0) is 44.5 Å². The number of aryl methyl sites for hydroxylation is 1. The first kappa shape index (κ1) is 20.0. The number of esters is 1. The van der Waals surface area contributed by atoms with Crippen LogP contribution in [0.25, 0.3) is 0 Å². The van der Waals surface area contributed by atoms with Crippen LogP contribution < -0.4 is 14.9 Å². The van der Waals surface area contributed by atoms with Crippen LogP contribution in [0.2, 0.25) is 0 Å². The molecule has 2 aromatic rings. The van der Waals surface area contributed by atoms with E-state index in [9.17, 15) is 9.59 Å². The summed E-state index contributed by atoms with van der Waals surface area (Å²) in [4.78, 5) is 27.3. The molecule has 0 aliphatic heterocycles. The highest BCUT2D eigenvalue weighted by molar-refractivity contribution is 6.01. The molecule has 2 N–H and O–H groups in total. The standard InChI is InChI=1S/C19H23N3O5/c1-6-27-19(24)17-11(2)16(12(3)21-17)18(23)22-20-10-13-9-14(25-4)7-8-15(13)26-5/h7-10,21H,6H2,1-5H3,(H,22,23). The van der Waals surface area contributed by atoms with Crippen LogP contribution in [-0.4, -0.2) is 43.9 Å². The molecular weight excluding hydrogens is 350 g/mol. The SMILES string of the molecule is CCOC(=O)c1[nH]c(C)c(C(=O)NN=Cc2cc(OC)ccc2OC)c1C. The van der Waals surface area contributed by atoms with Gasteiger partial charge < -0.3 is 19.2 Å². The van der Waals surface area contributed by atoms with E-state index in [-0.39, 0.29) is 12.3 Å². The first-order chi connectivity index (χ1) is 12.9. The normalized spacial score (nSPS) is 10.7. The highest BCUT2D eigenvalue weighted by Gasteiger charge is 2.22. The molecule has 0 aliphatic carbocycles. The van der Waals surface area contributed by atoms with Gasteiger partial charge in [0.25, 0.3) is 5.91 Å². The molecule has 0 atom stereocenters. The predicted molar refractivity (Wildman–Crippen MR) is 101 cm³/mol. The van der Waals surface area contributed by atoms with Gasteiger partial charge >= 0.3 is 5.97 Å². The second-order valence-electron chi connectivity index (χ2n) is 5.65. The number of hydrazone groups is 1. The van der Waals surface area contributed by atoms with Gasteiger partial charge in [-0.3, -0.25) is 4.79 Å². The quantitative estimate of drug-likeness (QED) is 0.441. The highest BCUT2D eigenvalue weighted by Crippen LogP contribution is 2.22. The minimum absolute atomic E-state index is 0.254.